The zero-order valence-electron chi connectivity index (χ0n) is 6.18. The van der Waals surface area contributed by atoms with Gasteiger partial charge in [0.25, 0.3) is 5.91 Å². The number of alkyl halides is 1. The molecule has 0 aliphatic rings. The number of hydrogen-bond acceptors (Lipinski definition) is 3. The van der Waals surface area contributed by atoms with Gasteiger partial charge < -0.3 is 4.74 Å². The van der Waals surface area contributed by atoms with Gasteiger partial charge in [-0.1, -0.05) is 0 Å². The first kappa shape index (κ1) is 10.0. The Balaban J connectivity index is 3.54. The van der Waals surface area contributed by atoms with Crippen molar-refractivity contribution in [1.29, 1.82) is 0 Å². The molecule has 0 bridgehead atoms. The molecule has 2 amide bonds. The van der Waals surface area contributed by atoms with Gasteiger partial charge in [0.15, 0.2) is 0 Å². The Labute approximate surface area is 69.0 Å². The summed E-state index contributed by atoms with van der Waals surface area (Å²) in [4.78, 5) is 21.0. The van der Waals surface area contributed by atoms with Crippen LogP contribution in [0.3, 0.4) is 0 Å². The van der Waals surface area contributed by atoms with Crippen LogP contribution in [0.25, 0.3) is 0 Å². The summed E-state index contributed by atoms with van der Waals surface area (Å²) in [6.45, 7) is 1.48. The van der Waals surface area contributed by atoms with Gasteiger partial charge in [-0.25, -0.2) is 10.2 Å². The lowest BCUT2D eigenvalue weighted by Gasteiger charge is -2.05. The van der Waals surface area contributed by atoms with Crippen molar-refractivity contribution in [2.24, 2.45) is 0 Å². The number of hydrazine groups is 1. The fourth-order valence-corrected chi connectivity index (χ4v) is 0.318. The summed E-state index contributed by atoms with van der Waals surface area (Å²) in [5, 5.41) is -0.688. The Morgan fingerprint density at radius 1 is 1.45 bits per heavy atom. The molecule has 0 rings (SSSR count). The maximum absolute atomic E-state index is 10.6. The van der Waals surface area contributed by atoms with Gasteiger partial charge in [-0.05, 0) is 6.92 Å². The smallest absolute Gasteiger partial charge is 0.425 e. The molecule has 0 saturated carbocycles. The van der Waals surface area contributed by atoms with E-state index >= 15 is 0 Å². The Kier molecular flexibility index (Phi) is 4.36. The van der Waals surface area contributed by atoms with Crippen molar-refractivity contribution >= 4 is 23.6 Å². The molecule has 11 heavy (non-hydrogen) atoms. The van der Waals surface area contributed by atoms with E-state index in [2.05, 4.69) is 4.74 Å². The zero-order valence-corrected chi connectivity index (χ0v) is 6.94. The van der Waals surface area contributed by atoms with Crippen molar-refractivity contribution in [3.8, 4) is 0 Å². The lowest BCUT2D eigenvalue weighted by Crippen LogP contribution is -2.44. The average molecular weight is 181 g/mol. The van der Waals surface area contributed by atoms with Crippen LogP contribution in [0.5, 0.6) is 0 Å². The van der Waals surface area contributed by atoms with Gasteiger partial charge in [0, 0.05) is 0 Å². The van der Waals surface area contributed by atoms with Crippen LogP contribution in [0.1, 0.15) is 6.92 Å². The highest BCUT2D eigenvalue weighted by Crippen LogP contribution is 1.90. The predicted molar refractivity (Wildman–Crippen MR) is 39.0 cm³/mol. The summed E-state index contributed by atoms with van der Waals surface area (Å²) in [5.41, 5.74) is 4.01. The average Bonchev–Trinajstić information content (AvgIpc) is 1.99. The van der Waals surface area contributed by atoms with Crippen LogP contribution < -0.4 is 10.9 Å². The van der Waals surface area contributed by atoms with Gasteiger partial charge in [0.1, 0.15) is 5.38 Å². The van der Waals surface area contributed by atoms with E-state index in [-0.39, 0.29) is 0 Å². The molecule has 0 aromatic heterocycles. The molecule has 1 unspecified atom stereocenters. The van der Waals surface area contributed by atoms with E-state index in [1.165, 1.54) is 14.0 Å². The second-order valence-electron chi connectivity index (χ2n) is 1.72. The second kappa shape index (κ2) is 4.79. The Bertz CT molecular complexity index is 160. The quantitative estimate of drug-likeness (QED) is 0.441. The number of nitrogens with one attached hydrogen (secondary N) is 2. The predicted octanol–water partition coefficient (Wildman–Crippen LogP) is 0.000900. The number of rotatable bonds is 1. The number of hydrogen-bond donors (Lipinski definition) is 2. The minimum Gasteiger partial charge on any atom is -0.452 e. The highest BCUT2D eigenvalue weighted by molar-refractivity contribution is 6.30. The largest absolute Gasteiger partial charge is 0.452 e. The molecule has 5 nitrogen and oxygen atoms in total. The number of amides is 2. The van der Waals surface area contributed by atoms with Crippen LogP contribution in [0.15, 0.2) is 0 Å². The number of carbonyl (C=O) groups is 2. The Morgan fingerprint density at radius 2 is 2.00 bits per heavy atom. The third-order valence-corrected chi connectivity index (χ3v) is 1.03. The summed E-state index contributed by atoms with van der Waals surface area (Å²) in [5.74, 6) is -0.489. The summed E-state index contributed by atoms with van der Waals surface area (Å²) in [6, 6.07) is 0. The van der Waals surface area contributed by atoms with Crippen molar-refractivity contribution in [2.45, 2.75) is 12.3 Å². The SMILES string of the molecule is COC(=O)NNC(=O)C(C)Cl. The second-order valence-corrected chi connectivity index (χ2v) is 2.38. The molecule has 0 saturated heterocycles. The normalized spacial score (nSPS) is 11.5. The first-order chi connectivity index (χ1) is 5.07. The highest BCUT2D eigenvalue weighted by Gasteiger charge is 2.08. The molecule has 0 heterocycles. The van der Waals surface area contributed by atoms with Gasteiger partial charge in [0.05, 0.1) is 7.11 Å². The van der Waals surface area contributed by atoms with E-state index in [1.54, 1.807) is 0 Å². The fourth-order valence-electron chi connectivity index (χ4n) is 0.263. The Hall–Kier alpha value is -0.970. The molecule has 2 N–H and O–H groups in total. The van der Waals surface area contributed by atoms with Gasteiger partial charge in [-0.15, -0.1) is 11.6 Å². The number of methoxy groups -OCH3 is 1. The van der Waals surface area contributed by atoms with Gasteiger partial charge in [-0.3, -0.25) is 10.2 Å². The van der Waals surface area contributed by atoms with Crippen LogP contribution in [0.2, 0.25) is 0 Å². The minimum atomic E-state index is -0.740. The maximum atomic E-state index is 10.6. The Morgan fingerprint density at radius 3 is 2.36 bits per heavy atom. The third kappa shape index (κ3) is 4.44. The van der Waals surface area contributed by atoms with Crippen molar-refractivity contribution in [1.82, 2.24) is 10.9 Å². The minimum absolute atomic E-state index is 0.489. The molecule has 0 radical (unpaired) electrons. The van der Waals surface area contributed by atoms with Crippen LogP contribution >= 0.6 is 11.6 Å². The summed E-state index contributed by atoms with van der Waals surface area (Å²) >= 11 is 5.35. The van der Waals surface area contributed by atoms with E-state index in [4.69, 9.17) is 11.6 Å². The molecular formula is C5H9ClN2O3. The van der Waals surface area contributed by atoms with Crippen LogP contribution in [0.4, 0.5) is 4.79 Å². The fraction of sp³-hybridized carbons (Fsp3) is 0.600. The van der Waals surface area contributed by atoms with Crippen LogP contribution in [-0.4, -0.2) is 24.5 Å². The zero-order chi connectivity index (χ0) is 8.85. The number of carbonyl (C=O) groups excluding carboxylic acids is 2. The summed E-state index contributed by atoms with van der Waals surface area (Å²) < 4.78 is 4.17. The van der Waals surface area contributed by atoms with Gasteiger partial charge in [-0.2, -0.15) is 0 Å². The summed E-state index contributed by atoms with van der Waals surface area (Å²) in [7, 11) is 1.19. The monoisotopic (exact) mass is 180 g/mol. The van der Waals surface area contributed by atoms with E-state index in [0.29, 0.717) is 0 Å². The maximum Gasteiger partial charge on any atom is 0.425 e. The van der Waals surface area contributed by atoms with E-state index < -0.39 is 17.4 Å². The number of ether oxygens (including phenoxy) is 1. The lowest BCUT2D eigenvalue weighted by atomic mass is 10.5. The van der Waals surface area contributed by atoms with Crippen molar-refractivity contribution in [2.75, 3.05) is 7.11 Å². The molecule has 0 fully saturated rings. The first-order valence-corrected chi connectivity index (χ1v) is 3.29. The van der Waals surface area contributed by atoms with Crippen LogP contribution in [0, 0.1) is 0 Å². The first-order valence-electron chi connectivity index (χ1n) is 2.85. The topological polar surface area (TPSA) is 67.4 Å². The molecule has 1 atom stereocenters. The van der Waals surface area contributed by atoms with Crippen molar-refractivity contribution < 1.29 is 14.3 Å². The molecule has 6 heteroatoms. The van der Waals surface area contributed by atoms with Gasteiger partial charge in [0.2, 0.25) is 0 Å². The molecule has 0 aromatic rings. The standard InChI is InChI=1S/C5H9ClN2O3/c1-3(6)4(9)7-8-5(10)11-2/h3H,1-2H3,(H,7,9)(H,8,10). The van der Waals surface area contributed by atoms with Crippen LogP contribution in [-0.2, 0) is 9.53 Å². The molecular weight excluding hydrogens is 172 g/mol. The number of halogens is 1. The lowest BCUT2D eigenvalue weighted by molar-refractivity contribution is -0.121. The van der Waals surface area contributed by atoms with E-state index in [1.807, 2.05) is 10.9 Å². The molecule has 0 aliphatic carbocycles. The third-order valence-electron chi connectivity index (χ3n) is 0.834. The van der Waals surface area contributed by atoms with E-state index in [9.17, 15) is 9.59 Å². The molecule has 0 aliphatic heterocycles. The molecule has 0 spiro atoms. The molecule has 64 valence electrons. The van der Waals surface area contributed by atoms with Crippen molar-refractivity contribution in [3.05, 3.63) is 0 Å². The summed E-state index contributed by atoms with van der Waals surface area (Å²) in [6.07, 6.45) is -0.740. The molecule has 0 aromatic carbocycles. The highest BCUT2D eigenvalue weighted by atomic mass is 35.5. The van der Waals surface area contributed by atoms with Gasteiger partial charge >= 0.3 is 6.09 Å². The van der Waals surface area contributed by atoms with E-state index in [0.717, 1.165) is 0 Å². The van der Waals surface area contributed by atoms with Crippen molar-refractivity contribution in [3.63, 3.8) is 0 Å².